The Bertz CT molecular complexity index is 583. The number of nitrogens with zero attached hydrogens (tertiary/aromatic N) is 1. The van der Waals surface area contributed by atoms with Gasteiger partial charge in [0.25, 0.3) is 5.91 Å². The van der Waals surface area contributed by atoms with Gasteiger partial charge in [-0.2, -0.15) is 0 Å². The summed E-state index contributed by atoms with van der Waals surface area (Å²) < 4.78 is 5.29. The summed E-state index contributed by atoms with van der Waals surface area (Å²) in [5.74, 6) is 0.975. The smallest absolute Gasteiger partial charge is 0.293 e. The molecule has 0 bridgehead atoms. The number of nitrogens with one attached hydrogen (secondary N) is 1. The lowest BCUT2D eigenvalue weighted by atomic mass is 10.0. The van der Waals surface area contributed by atoms with Gasteiger partial charge in [-0.3, -0.25) is 4.79 Å². The van der Waals surface area contributed by atoms with Crippen molar-refractivity contribution in [3.63, 3.8) is 0 Å². The number of amides is 1. The van der Waals surface area contributed by atoms with E-state index in [2.05, 4.69) is 24.1 Å². The molecule has 2 aromatic rings. The minimum absolute atomic E-state index is 0.268. The van der Waals surface area contributed by atoms with E-state index in [0.717, 1.165) is 5.69 Å². The van der Waals surface area contributed by atoms with Gasteiger partial charge in [-0.15, -0.1) is 0 Å². The van der Waals surface area contributed by atoms with Crippen molar-refractivity contribution in [2.45, 2.75) is 33.6 Å². The molecule has 4 heteroatoms. The van der Waals surface area contributed by atoms with Gasteiger partial charge in [-0.25, -0.2) is 4.98 Å². The third kappa shape index (κ3) is 3.02. The maximum absolute atomic E-state index is 12.0. The lowest BCUT2D eigenvalue weighted by Gasteiger charge is -2.07. The number of rotatable bonds is 3. The van der Waals surface area contributed by atoms with Crippen molar-refractivity contribution in [3.05, 3.63) is 47.2 Å². The highest BCUT2D eigenvalue weighted by Crippen LogP contribution is 2.18. The topological polar surface area (TPSA) is 55.1 Å². The van der Waals surface area contributed by atoms with E-state index in [-0.39, 0.29) is 11.7 Å². The highest BCUT2D eigenvalue weighted by Gasteiger charge is 2.15. The van der Waals surface area contributed by atoms with Crippen molar-refractivity contribution < 1.29 is 9.21 Å². The summed E-state index contributed by atoms with van der Waals surface area (Å²) in [7, 11) is 0. The summed E-state index contributed by atoms with van der Waals surface area (Å²) in [6.07, 6.45) is 0. The van der Waals surface area contributed by atoms with Crippen LogP contribution in [0.25, 0.3) is 0 Å². The molecule has 19 heavy (non-hydrogen) atoms. The number of oxazole rings is 1. The fourth-order valence-corrected chi connectivity index (χ4v) is 1.88. The van der Waals surface area contributed by atoms with E-state index >= 15 is 0 Å². The molecule has 0 radical (unpaired) electrons. The largest absolute Gasteiger partial charge is 0.436 e. The van der Waals surface area contributed by atoms with E-state index in [1.54, 1.807) is 13.8 Å². The minimum atomic E-state index is -0.268. The van der Waals surface area contributed by atoms with Crippen LogP contribution in [0.5, 0.6) is 0 Å². The third-order valence-corrected chi connectivity index (χ3v) is 2.94. The predicted octanol–water partition coefficient (Wildman–Crippen LogP) is 3.67. The number of hydrogen-bond donors (Lipinski definition) is 1. The first-order valence-electron chi connectivity index (χ1n) is 6.32. The van der Waals surface area contributed by atoms with Crippen LogP contribution in [0.3, 0.4) is 0 Å². The highest BCUT2D eigenvalue weighted by molar-refractivity contribution is 6.02. The Morgan fingerprint density at radius 1 is 1.21 bits per heavy atom. The molecule has 0 aliphatic heterocycles. The van der Waals surface area contributed by atoms with Gasteiger partial charge in [-0.1, -0.05) is 26.0 Å². The van der Waals surface area contributed by atoms with Gasteiger partial charge in [-0.05, 0) is 30.5 Å². The molecule has 0 spiro atoms. The number of hydrogen-bond acceptors (Lipinski definition) is 3. The number of anilines is 1. The zero-order valence-corrected chi connectivity index (χ0v) is 11.7. The summed E-state index contributed by atoms with van der Waals surface area (Å²) in [6, 6.07) is 7.81. The molecule has 2 rings (SSSR count). The zero-order chi connectivity index (χ0) is 14.0. The molecule has 1 aromatic heterocycles. The summed E-state index contributed by atoms with van der Waals surface area (Å²) >= 11 is 0. The standard InChI is InChI=1S/C15H18N2O2/c1-9(2)12-5-7-13(8-6-12)17-15(18)14-10(3)16-11(4)19-14/h5-9H,1-4H3,(H,17,18). The lowest BCUT2D eigenvalue weighted by molar-refractivity contribution is 0.0994. The molecule has 1 amide bonds. The highest BCUT2D eigenvalue weighted by atomic mass is 16.4. The molecule has 1 heterocycles. The van der Waals surface area contributed by atoms with E-state index in [0.29, 0.717) is 17.5 Å². The molecule has 4 nitrogen and oxygen atoms in total. The first-order valence-corrected chi connectivity index (χ1v) is 6.32. The van der Waals surface area contributed by atoms with Gasteiger partial charge in [0.05, 0.1) is 5.69 Å². The van der Waals surface area contributed by atoms with Crippen LogP contribution in [0.15, 0.2) is 28.7 Å². The van der Waals surface area contributed by atoms with Gasteiger partial charge >= 0.3 is 0 Å². The summed E-state index contributed by atoms with van der Waals surface area (Å²) in [5, 5.41) is 2.81. The van der Waals surface area contributed by atoms with Crippen LogP contribution >= 0.6 is 0 Å². The molecule has 1 aromatic carbocycles. The Morgan fingerprint density at radius 2 is 1.84 bits per heavy atom. The number of carbonyl (C=O) groups is 1. The fourth-order valence-electron chi connectivity index (χ4n) is 1.88. The monoisotopic (exact) mass is 258 g/mol. The molecule has 0 aliphatic carbocycles. The predicted molar refractivity (Wildman–Crippen MR) is 74.5 cm³/mol. The Hall–Kier alpha value is -2.10. The van der Waals surface area contributed by atoms with E-state index in [4.69, 9.17) is 4.42 Å². The first-order chi connectivity index (χ1) is 8.97. The quantitative estimate of drug-likeness (QED) is 0.913. The van der Waals surface area contributed by atoms with E-state index in [9.17, 15) is 4.79 Å². The van der Waals surface area contributed by atoms with Gasteiger partial charge < -0.3 is 9.73 Å². The molecule has 0 saturated heterocycles. The van der Waals surface area contributed by atoms with Crippen molar-refractivity contribution in [2.75, 3.05) is 5.32 Å². The first kappa shape index (κ1) is 13.3. The van der Waals surface area contributed by atoms with Crippen LogP contribution in [-0.2, 0) is 0 Å². The molecule has 0 unspecified atom stereocenters. The second kappa shape index (κ2) is 5.26. The molecule has 100 valence electrons. The number of aryl methyl sites for hydroxylation is 2. The second-order valence-electron chi connectivity index (χ2n) is 4.88. The molecule has 0 aliphatic rings. The summed E-state index contributed by atoms with van der Waals surface area (Å²) in [4.78, 5) is 16.1. The lowest BCUT2D eigenvalue weighted by Crippen LogP contribution is -2.12. The van der Waals surface area contributed by atoms with E-state index < -0.39 is 0 Å². The Balaban J connectivity index is 2.13. The average molecular weight is 258 g/mol. The normalized spacial score (nSPS) is 10.8. The van der Waals surface area contributed by atoms with Crippen LogP contribution in [0.2, 0.25) is 0 Å². The van der Waals surface area contributed by atoms with E-state index in [1.807, 2.05) is 24.3 Å². The second-order valence-corrected chi connectivity index (χ2v) is 4.88. The zero-order valence-electron chi connectivity index (χ0n) is 11.7. The average Bonchev–Trinajstić information content (AvgIpc) is 2.69. The third-order valence-electron chi connectivity index (χ3n) is 2.94. The summed E-state index contributed by atoms with van der Waals surface area (Å²) in [5.41, 5.74) is 2.60. The maximum Gasteiger partial charge on any atom is 0.293 e. The van der Waals surface area contributed by atoms with Crippen LogP contribution < -0.4 is 5.32 Å². The van der Waals surface area contributed by atoms with Crippen molar-refractivity contribution in [1.29, 1.82) is 0 Å². The number of carbonyl (C=O) groups excluding carboxylic acids is 1. The van der Waals surface area contributed by atoms with Crippen LogP contribution in [-0.4, -0.2) is 10.9 Å². The van der Waals surface area contributed by atoms with E-state index in [1.165, 1.54) is 5.56 Å². The van der Waals surface area contributed by atoms with Crippen molar-refractivity contribution in [3.8, 4) is 0 Å². The van der Waals surface area contributed by atoms with Crippen LogP contribution in [0.4, 0.5) is 5.69 Å². The molecule has 1 N–H and O–H groups in total. The number of benzene rings is 1. The Morgan fingerprint density at radius 3 is 2.32 bits per heavy atom. The van der Waals surface area contributed by atoms with Gasteiger partial charge in [0.1, 0.15) is 0 Å². The van der Waals surface area contributed by atoms with Crippen molar-refractivity contribution in [2.24, 2.45) is 0 Å². The van der Waals surface area contributed by atoms with Crippen molar-refractivity contribution >= 4 is 11.6 Å². The van der Waals surface area contributed by atoms with Crippen molar-refractivity contribution in [1.82, 2.24) is 4.98 Å². The molecule has 0 atom stereocenters. The summed E-state index contributed by atoms with van der Waals surface area (Å²) in [6.45, 7) is 7.75. The van der Waals surface area contributed by atoms with Gasteiger partial charge in [0.15, 0.2) is 5.89 Å². The molecule has 0 saturated carbocycles. The SMILES string of the molecule is Cc1nc(C)c(C(=O)Nc2ccc(C(C)C)cc2)o1. The molecular formula is C15H18N2O2. The van der Waals surface area contributed by atoms with Crippen LogP contribution in [0, 0.1) is 13.8 Å². The van der Waals surface area contributed by atoms with Gasteiger partial charge in [0.2, 0.25) is 5.76 Å². The minimum Gasteiger partial charge on any atom is -0.436 e. The number of aromatic nitrogens is 1. The van der Waals surface area contributed by atoms with Crippen LogP contribution in [0.1, 0.15) is 47.5 Å². The Kier molecular flexibility index (Phi) is 3.69. The Labute approximate surface area is 112 Å². The fraction of sp³-hybridized carbons (Fsp3) is 0.333. The maximum atomic E-state index is 12.0. The van der Waals surface area contributed by atoms with Gasteiger partial charge in [0, 0.05) is 12.6 Å². The molecule has 0 fully saturated rings. The molecular weight excluding hydrogens is 240 g/mol.